The Balaban J connectivity index is 2.81. The van der Waals surface area contributed by atoms with Crippen molar-refractivity contribution in [2.75, 3.05) is 0 Å². The van der Waals surface area contributed by atoms with Gasteiger partial charge in [0.25, 0.3) is 0 Å². The molecule has 0 aliphatic heterocycles. The number of aryl methyl sites for hydroxylation is 1. The summed E-state index contributed by atoms with van der Waals surface area (Å²) in [5.41, 5.74) is 3.30. The fourth-order valence-electron chi connectivity index (χ4n) is 1.73. The van der Waals surface area contributed by atoms with Crippen molar-refractivity contribution in [3.63, 3.8) is 0 Å². The Hall–Kier alpha value is -0.570. The minimum absolute atomic E-state index is 0.0988. The Bertz CT molecular complexity index is 462. The third kappa shape index (κ3) is 1.44. The summed E-state index contributed by atoms with van der Waals surface area (Å²) < 4.78 is 1.20. The second-order valence-corrected chi connectivity index (χ2v) is 4.47. The molecule has 0 aliphatic rings. The molecular formula is C11H11ClOS. The van der Waals surface area contributed by atoms with Gasteiger partial charge >= 0.3 is 0 Å². The second kappa shape index (κ2) is 3.89. The van der Waals surface area contributed by atoms with Gasteiger partial charge in [0, 0.05) is 10.6 Å². The summed E-state index contributed by atoms with van der Waals surface area (Å²) in [6, 6.07) is 4.12. The Morgan fingerprint density at radius 2 is 2.29 bits per heavy atom. The number of hydrogen-bond acceptors (Lipinski definition) is 2. The summed E-state index contributed by atoms with van der Waals surface area (Å²) in [6.45, 7) is 2.11. The molecule has 1 heterocycles. The van der Waals surface area contributed by atoms with Crippen molar-refractivity contribution in [2.24, 2.45) is 0 Å². The summed E-state index contributed by atoms with van der Waals surface area (Å²) in [5.74, 6) is 0.531. The van der Waals surface area contributed by atoms with Gasteiger partial charge in [-0.1, -0.05) is 6.07 Å². The number of fused-ring (bicyclic) bond motifs is 1. The quantitative estimate of drug-likeness (QED) is 0.778. The normalized spacial score (nSPS) is 11.1. The van der Waals surface area contributed by atoms with E-state index in [2.05, 4.69) is 12.1 Å². The van der Waals surface area contributed by atoms with Crippen LogP contribution in [0.25, 0.3) is 10.1 Å². The molecule has 1 nitrogen and oxygen atoms in total. The van der Waals surface area contributed by atoms with Crippen LogP contribution in [0.1, 0.15) is 16.7 Å². The highest BCUT2D eigenvalue weighted by atomic mass is 35.5. The fourth-order valence-corrected chi connectivity index (χ4v) is 2.96. The molecule has 1 N–H and O–H groups in total. The van der Waals surface area contributed by atoms with Gasteiger partial charge in [-0.2, -0.15) is 0 Å². The van der Waals surface area contributed by atoms with Gasteiger partial charge in [0.05, 0.1) is 6.61 Å². The molecule has 0 saturated carbocycles. The van der Waals surface area contributed by atoms with Crippen LogP contribution in [-0.4, -0.2) is 5.11 Å². The molecule has 0 fully saturated rings. The standard InChI is InChI=1S/C11H11ClOS/c1-7-4-8(5-12)11-9(2-3-14-11)10(7)6-13/h2-4,13H,5-6H2,1H3. The van der Waals surface area contributed by atoms with Crippen LogP contribution in [0.5, 0.6) is 0 Å². The van der Waals surface area contributed by atoms with Crippen molar-refractivity contribution >= 4 is 33.0 Å². The third-order valence-corrected chi connectivity index (χ3v) is 3.73. The van der Waals surface area contributed by atoms with Crippen molar-refractivity contribution in [3.05, 3.63) is 34.2 Å². The molecule has 0 radical (unpaired) electrons. The van der Waals surface area contributed by atoms with Crippen LogP contribution in [0.3, 0.4) is 0 Å². The number of alkyl halides is 1. The monoisotopic (exact) mass is 226 g/mol. The van der Waals surface area contributed by atoms with Crippen LogP contribution in [0, 0.1) is 6.92 Å². The zero-order valence-electron chi connectivity index (χ0n) is 7.88. The lowest BCUT2D eigenvalue weighted by Crippen LogP contribution is -1.92. The molecule has 0 unspecified atom stereocenters. The van der Waals surface area contributed by atoms with Crippen molar-refractivity contribution < 1.29 is 5.11 Å². The van der Waals surface area contributed by atoms with E-state index in [1.165, 1.54) is 4.70 Å². The lowest BCUT2D eigenvalue weighted by atomic mass is 10.0. The molecule has 3 heteroatoms. The Labute approximate surface area is 91.9 Å². The second-order valence-electron chi connectivity index (χ2n) is 3.29. The lowest BCUT2D eigenvalue weighted by Gasteiger charge is -2.07. The van der Waals surface area contributed by atoms with Gasteiger partial charge < -0.3 is 5.11 Å². The molecule has 0 amide bonds. The average Bonchev–Trinajstić information content (AvgIpc) is 2.65. The van der Waals surface area contributed by atoms with Crippen molar-refractivity contribution in [1.82, 2.24) is 0 Å². The predicted molar refractivity (Wildman–Crippen MR) is 62.0 cm³/mol. The Kier molecular flexibility index (Phi) is 2.77. The van der Waals surface area contributed by atoms with Gasteiger partial charge in [0.2, 0.25) is 0 Å². The maximum Gasteiger partial charge on any atom is 0.0690 e. The largest absolute Gasteiger partial charge is 0.392 e. The van der Waals surface area contributed by atoms with Crippen LogP contribution in [0.2, 0.25) is 0 Å². The van der Waals surface area contributed by atoms with Crippen LogP contribution in [0.4, 0.5) is 0 Å². The van der Waals surface area contributed by atoms with E-state index in [9.17, 15) is 5.11 Å². The number of hydrogen-bond donors (Lipinski definition) is 1. The summed E-state index contributed by atoms with van der Waals surface area (Å²) in [6.07, 6.45) is 0. The molecule has 0 saturated heterocycles. The van der Waals surface area contributed by atoms with Gasteiger partial charge in [0.1, 0.15) is 0 Å². The van der Waals surface area contributed by atoms with E-state index in [4.69, 9.17) is 11.6 Å². The van der Waals surface area contributed by atoms with Crippen LogP contribution < -0.4 is 0 Å². The first-order valence-electron chi connectivity index (χ1n) is 4.43. The summed E-state index contributed by atoms with van der Waals surface area (Å²) in [4.78, 5) is 0. The van der Waals surface area contributed by atoms with Gasteiger partial charge in [-0.25, -0.2) is 0 Å². The minimum Gasteiger partial charge on any atom is -0.392 e. The maximum atomic E-state index is 9.27. The SMILES string of the molecule is Cc1cc(CCl)c2sccc2c1CO. The molecule has 1 aromatic carbocycles. The Morgan fingerprint density at radius 1 is 1.50 bits per heavy atom. The first-order valence-corrected chi connectivity index (χ1v) is 5.84. The number of halogens is 1. The van der Waals surface area contributed by atoms with Crippen molar-refractivity contribution in [1.29, 1.82) is 0 Å². The molecule has 0 bridgehead atoms. The predicted octanol–water partition coefficient (Wildman–Crippen LogP) is 3.44. The van der Waals surface area contributed by atoms with E-state index in [0.29, 0.717) is 5.88 Å². The van der Waals surface area contributed by atoms with E-state index in [1.807, 2.05) is 12.3 Å². The van der Waals surface area contributed by atoms with E-state index in [1.54, 1.807) is 11.3 Å². The number of thiophene rings is 1. The van der Waals surface area contributed by atoms with Gasteiger partial charge in [-0.15, -0.1) is 22.9 Å². The summed E-state index contributed by atoms with van der Waals surface area (Å²) in [5, 5.41) is 12.5. The van der Waals surface area contributed by atoms with Gasteiger partial charge in [-0.3, -0.25) is 0 Å². The Morgan fingerprint density at radius 3 is 2.93 bits per heavy atom. The molecule has 2 aromatic rings. The summed E-state index contributed by atoms with van der Waals surface area (Å²) >= 11 is 7.56. The molecule has 1 aromatic heterocycles. The molecule has 2 rings (SSSR count). The van der Waals surface area contributed by atoms with Crippen LogP contribution >= 0.6 is 22.9 Å². The fraction of sp³-hybridized carbons (Fsp3) is 0.273. The number of rotatable bonds is 2. The van der Waals surface area contributed by atoms with Gasteiger partial charge in [0.15, 0.2) is 0 Å². The van der Waals surface area contributed by atoms with E-state index < -0.39 is 0 Å². The molecule has 0 atom stereocenters. The van der Waals surface area contributed by atoms with E-state index in [0.717, 1.165) is 22.1 Å². The highest BCUT2D eigenvalue weighted by Crippen LogP contribution is 2.31. The first-order chi connectivity index (χ1) is 6.77. The van der Waals surface area contributed by atoms with Gasteiger partial charge in [-0.05, 0) is 40.4 Å². The third-order valence-electron chi connectivity index (χ3n) is 2.45. The van der Waals surface area contributed by atoms with Crippen LogP contribution in [0.15, 0.2) is 17.5 Å². The first kappa shape index (κ1) is 9.97. The molecule has 0 aliphatic carbocycles. The molecule has 14 heavy (non-hydrogen) atoms. The maximum absolute atomic E-state index is 9.27. The van der Waals surface area contributed by atoms with Crippen LogP contribution in [-0.2, 0) is 12.5 Å². The van der Waals surface area contributed by atoms with E-state index in [-0.39, 0.29) is 6.61 Å². The number of benzene rings is 1. The average molecular weight is 227 g/mol. The minimum atomic E-state index is 0.0988. The zero-order chi connectivity index (χ0) is 10.1. The highest BCUT2D eigenvalue weighted by Gasteiger charge is 2.09. The number of aliphatic hydroxyl groups is 1. The molecular weight excluding hydrogens is 216 g/mol. The summed E-state index contributed by atoms with van der Waals surface area (Å²) in [7, 11) is 0. The smallest absolute Gasteiger partial charge is 0.0690 e. The lowest BCUT2D eigenvalue weighted by molar-refractivity contribution is 0.282. The van der Waals surface area contributed by atoms with Crippen molar-refractivity contribution in [3.8, 4) is 0 Å². The molecule has 74 valence electrons. The highest BCUT2D eigenvalue weighted by molar-refractivity contribution is 7.17. The zero-order valence-corrected chi connectivity index (χ0v) is 9.45. The topological polar surface area (TPSA) is 20.2 Å². The van der Waals surface area contributed by atoms with E-state index >= 15 is 0 Å². The van der Waals surface area contributed by atoms with Crippen molar-refractivity contribution in [2.45, 2.75) is 19.4 Å². The number of aliphatic hydroxyl groups excluding tert-OH is 1. The molecule has 0 spiro atoms.